The van der Waals surface area contributed by atoms with Gasteiger partial charge in [0.25, 0.3) is 5.69 Å². The van der Waals surface area contributed by atoms with Crippen LogP contribution in [0.5, 0.6) is 0 Å². The minimum absolute atomic E-state index is 0.000145. The first-order valence-electron chi connectivity index (χ1n) is 5.89. The minimum Gasteiger partial charge on any atom is -0.356 e. The highest BCUT2D eigenvalue weighted by atomic mass is 16.6. The van der Waals surface area contributed by atoms with Crippen LogP contribution >= 0.6 is 0 Å². The maximum absolute atomic E-state index is 10.9. The second-order valence-electron chi connectivity index (χ2n) is 4.83. The molecule has 7 heteroatoms. The summed E-state index contributed by atoms with van der Waals surface area (Å²) in [4.78, 5) is 16.7. The number of aromatic nitrogens is 1. The molecule has 1 fully saturated rings. The molecule has 0 radical (unpaired) electrons. The van der Waals surface area contributed by atoms with Gasteiger partial charge in [-0.3, -0.25) is 10.1 Å². The van der Waals surface area contributed by atoms with E-state index in [1.165, 1.54) is 12.1 Å². The molecule has 3 N–H and O–H groups in total. The molecular formula is C11H17N5O2. The van der Waals surface area contributed by atoms with Crippen LogP contribution in [0.1, 0.15) is 13.8 Å². The standard InChI is InChI=1S/C11H17N5O2/c1-7-5-15(6-8(7)2)11-4-9(16(17)18)3-10(13-11)14-12/h3-4,7-8H,5-6,12H2,1-2H3,(H,13,14). The second kappa shape index (κ2) is 4.77. The maximum Gasteiger partial charge on any atom is 0.276 e. The molecule has 1 aliphatic heterocycles. The molecule has 0 spiro atoms. The molecule has 0 aromatic carbocycles. The van der Waals surface area contributed by atoms with Crippen molar-refractivity contribution in [3.63, 3.8) is 0 Å². The van der Waals surface area contributed by atoms with Gasteiger partial charge in [0.05, 0.1) is 17.1 Å². The third-order valence-corrected chi connectivity index (χ3v) is 3.47. The molecule has 2 unspecified atom stereocenters. The molecule has 18 heavy (non-hydrogen) atoms. The summed E-state index contributed by atoms with van der Waals surface area (Å²) in [6.07, 6.45) is 0. The molecule has 0 saturated carbocycles. The van der Waals surface area contributed by atoms with Gasteiger partial charge in [-0.15, -0.1) is 0 Å². The first-order chi connectivity index (χ1) is 8.51. The zero-order valence-corrected chi connectivity index (χ0v) is 10.5. The van der Waals surface area contributed by atoms with E-state index < -0.39 is 4.92 Å². The van der Waals surface area contributed by atoms with E-state index >= 15 is 0 Å². The van der Waals surface area contributed by atoms with Crippen LogP contribution in [0.3, 0.4) is 0 Å². The van der Waals surface area contributed by atoms with Gasteiger partial charge in [0.2, 0.25) is 0 Å². The van der Waals surface area contributed by atoms with E-state index in [0.717, 1.165) is 13.1 Å². The Hall–Kier alpha value is -1.89. The molecule has 2 heterocycles. The molecule has 1 saturated heterocycles. The number of hydrogen-bond acceptors (Lipinski definition) is 6. The number of nitrogens with one attached hydrogen (secondary N) is 1. The van der Waals surface area contributed by atoms with Crippen molar-refractivity contribution in [1.82, 2.24) is 4.98 Å². The summed E-state index contributed by atoms with van der Waals surface area (Å²) in [6, 6.07) is 2.82. The molecule has 7 nitrogen and oxygen atoms in total. The van der Waals surface area contributed by atoms with E-state index in [2.05, 4.69) is 29.2 Å². The zero-order valence-electron chi connectivity index (χ0n) is 10.5. The Kier molecular flexibility index (Phi) is 3.33. The quantitative estimate of drug-likeness (QED) is 0.478. The topological polar surface area (TPSA) is 97.3 Å². The number of anilines is 2. The fourth-order valence-corrected chi connectivity index (χ4v) is 2.16. The van der Waals surface area contributed by atoms with Gasteiger partial charge in [0, 0.05) is 13.1 Å². The summed E-state index contributed by atoms with van der Waals surface area (Å²) < 4.78 is 0. The lowest BCUT2D eigenvalue weighted by atomic mass is 10.0. The van der Waals surface area contributed by atoms with Gasteiger partial charge in [-0.2, -0.15) is 0 Å². The summed E-state index contributed by atoms with van der Waals surface area (Å²) in [6.45, 7) is 6.06. The number of nitrogen functional groups attached to an aromatic ring is 1. The average molecular weight is 251 g/mol. The third kappa shape index (κ3) is 2.35. The van der Waals surface area contributed by atoms with Crippen LogP contribution < -0.4 is 16.2 Å². The molecule has 0 bridgehead atoms. The summed E-state index contributed by atoms with van der Waals surface area (Å²) in [5.41, 5.74) is 2.37. The highest BCUT2D eigenvalue weighted by molar-refractivity contribution is 5.56. The van der Waals surface area contributed by atoms with Crippen molar-refractivity contribution in [3.8, 4) is 0 Å². The molecule has 1 aromatic heterocycles. The number of rotatable bonds is 3. The van der Waals surface area contributed by atoms with E-state index in [1.54, 1.807) is 0 Å². The Bertz CT molecular complexity index is 455. The van der Waals surface area contributed by atoms with E-state index in [0.29, 0.717) is 23.5 Å². The minimum atomic E-state index is -0.436. The summed E-state index contributed by atoms with van der Waals surface area (Å²) in [5.74, 6) is 7.32. The van der Waals surface area contributed by atoms with Crippen LogP contribution in [0.15, 0.2) is 12.1 Å². The van der Waals surface area contributed by atoms with E-state index in [4.69, 9.17) is 5.84 Å². The van der Waals surface area contributed by atoms with Crippen molar-refractivity contribution < 1.29 is 4.92 Å². The lowest BCUT2D eigenvalue weighted by Gasteiger charge is -2.17. The zero-order chi connectivity index (χ0) is 13.3. The summed E-state index contributed by atoms with van der Waals surface area (Å²) in [5, 5.41) is 10.9. The summed E-state index contributed by atoms with van der Waals surface area (Å²) >= 11 is 0. The monoisotopic (exact) mass is 251 g/mol. The van der Waals surface area contributed by atoms with Crippen LogP contribution in [0.25, 0.3) is 0 Å². The van der Waals surface area contributed by atoms with Crippen LogP contribution in [0.2, 0.25) is 0 Å². The van der Waals surface area contributed by atoms with E-state index in [1.807, 2.05) is 0 Å². The highest BCUT2D eigenvalue weighted by Gasteiger charge is 2.28. The molecular weight excluding hydrogens is 234 g/mol. The van der Waals surface area contributed by atoms with Gasteiger partial charge in [-0.1, -0.05) is 13.8 Å². The molecule has 0 amide bonds. The smallest absolute Gasteiger partial charge is 0.276 e. The lowest BCUT2D eigenvalue weighted by Crippen LogP contribution is -2.22. The van der Waals surface area contributed by atoms with Crippen molar-refractivity contribution in [1.29, 1.82) is 0 Å². The second-order valence-corrected chi connectivity index (χ2v) is 4.83. The number of hydrogen-bond donors (Lipinski definition) is 2. The Morgan fingerprint density at radius 3 is 2.56 bits per heavy atom. The molecule has 1 aromatic rings. The molecule has 2 rings (SSSR count). The summed E-state index contributed by atoms with van der Waals surface area (Å²) in [7, 11) is 0. The Labute approximate surface area is 105 Å². The third-order valence-electron chi connectivity index (χ3n) is 3.47. The number of hydrazine groups is 1. The number of nitrogens with two attached hydrogens (primary N) is 1. The maximum atomic E-state index is 10.9. The van der Waals surface area contributed by atoms with E-state index in [9.17, 15) is 10.1 Å². The predicted molar refractivity (Wildman–Crippen MR) is 69.2 cm³/mol. The lowest BCUT2D eigenvalue weighted by molar-refractivity contribution is -0.384. The number of nitrogens with zero attached hydrogens (tertiary/aromatic N) is 3. The highest BCUT2D eigenvalue weighted by Crippen LogP contribution is 2.29. The van der Waals surface area contributed by atoms with Crippen LogP contribution in [0, 0.1) is 22.0 Å². The molecule has 0 aliphatic carbocycles. The molecule has 2 atom stereocenters. The van der Waals surface area contributed by atoms with Gasteiger partial charge in [0.1, 0.15) is 11.6 Å². The first kappa shape index (κ1) is 12.6. The Balaban J connectivity index is 2.32. The molecule has 98 valence electrons. The fraction of sp³-hybridized carbons (Fsp3) is 0.545. The van der Waals surface area contributed by atoms with Gasteiger partial charge >= 0.3 is 0 Å². The molecule has 1 aliphatic rings. The number of pyridine rings is 1. The van der Waals surface area contributed by atoms with Crippen LogP contribution in [-0.4, -0.2) is 23.0 Å². The van der Waals surface area contributed by atoms with Crippen molar-refractivity contribution in [3.05, 3.63) is 22.2 Å². The predicted octanol–water partition coefficient (Wildman–Crippen LogP) is 1.37. The number of nitro groups is 1. The van der Waals surface area contributed by atoms with Crippen molar-refractivity contribution in [2.45, 2.75) is 13.8 Å². The first-order valence-corrected chi connectivity index (χ1v) is 5.89. The van der Waals surface area contributed by atoms with Crippen LogP contribution in [0.4, 0.5) is 17.3 Å². The van der Waals surface area contributed by atoms with Gasteiger partial charge in [0.15, 0.2) is 0 Å². The van der Waals surface area contributed by atoms with E-state index in [-0.39, 0.29) is 5.69 Å². The fourth-order valence-electron chi connectivity index (χ4n) is 2.16. The van der Waals surface area contributed by atoms with Crippen LogP contribution in [-0.2, 0) is 0 Å². The SMILES string of the molecule is CC1CN(c2cc([N+](=O)[O-])cc(NN)n2)CC1C. The van der Waals surface area contributed by atoms with Crippen molar-refractivity contribution in [2.75, 3.05) is 23.4 Å². The normalized spacial score (nSPS) is 23.2. The van der Waals surface area contributed by atoms with Crippen molar-refractivity contribution >= 4 is 17.3 Å². The average Bonchev–Trinajstić information content (AvgIpc) is 2.69. The van der Waals surface area contributed by atoms with Gasteiger partial charge in [-0.25, -0.2) is 10.8 Å². The Morgan fingerprint density at radius 1 is 1.44 bits per heavy atom. The Morgan fingerprint density at radius 2 is 2.06 bits per heavy atom. The van der Waals surface area contributed by atoms with Crippen molar-refractivity contribution in [2.24, 2.45) is 17.7 Å². The van der Waals surface area contributed by atoms with Gasteiger partial charge < -0.3 is 10.3 Å². The van der Waals surface area contributed by atoms with Gasteiger partial charge in [-0.05, 0) is 11.8 Å². The largest absolute Gasteiger partial charge is 0.356 e.